The third-order valence-electron chi connectivity index (χ3n) is 3.80. The first-order chi connectivity index (χ1) is 11.8. The number of allylic oxidation sites excluding steroid dienone is 2. The van der Waals surface area contributed by atoms with Gasteiger partial charge in [-0.1, -0.05) is 12.2 Å². The van der Waals surface area contributed by atoms with E-state index in [1.807, 2.05) is 0 Å². The SMILES string of the molecule is O=C1/C=C\CCN(C(=O)C(F)(F)F)Cc2cc3c(cc2/C=C\1)OCO3. The fourth-order valence-electron chi connectivity index (χ4n) is 2.59. The van der Waals surface area contributed by atoms with Crippen molar-refractivity contribution in [3.8, 4) is 11.5 Å². The Kier molecular flexibility index (Phi) is 4.52. The van der Waals surface area contributed by atoms with Crippen molar-refractivity contribution < 1.29 is 32.2 Å². The van der Waals surface area contributed by atoms with Gasteiger partial charge in [0.15, 0.2) is 17.3 Å². The Morgan fingerprint density at radius 1 is 1.08 bits per heavy atom. The van der Waals surface area contributed by atoms with Crippen LogP contribution in [0.5, 0.6) is 11.5 Å². The molecule has 0 fully saturated rings. The van der Waals surface area contributed by atoms with E-state index in [4.69, 9.17) is 9.47 Å². The van der Waals surface area contributed by atoms with E-state index < -0.39 is 12.1 Å². The highest BCUT2D eigenvalue weighted by Gasteiger charge is 2.42. The summed E-state index contributed by atoms with van der Waals surface area (Å²) in [5.74, 6) is -1.38. The Morgan fingerprint density at radius 3 is 2.52 bits per heavy atom. The van der Waals surface area contributed by atoms with Crippen LogP contribution >= 0.6 is 0 Å². The first kappa shape index (κ1) is 17.1. The number of carbonyl (C=O) groups is 2. The maximum Gasteiger partial charge on any atom is 0.471 e. The smallest absolute Gasteiger partial charge is 0.454 e. The van der Waals surface area contributed by atoms with Gasteiger partial charge >= 0.3 is 12.1 Å². The number of nitrogens with zero attached hydrogens (tertiary/aromatic N) is 1. The Bertz CT molecular complexity index is 768. The van der Waals surface area contributed by atoms with E-state index in [9.17, 15) is 22.8 Å². The summed E-state index contributed by atoms with van der Waals surface area (Å²) in [6.07, 6.45) is 0.702. The van der Waals surface area contributed by atoms with E-state index in [-0.39, 0.29) is 32.1 Å². The average molecular weight is 353 g/mol. The molecule has 0 radical (unpaired) electrons. The van der Waals surface area contributed by atoms with E-state index in [1.54, 1.807) is 6.07 Å². The third-order valence-corrected chi connectivity index (χ3v) is 3.80. The summed E-state index contributed by atoms with van der Waals surface area (Å²) in [4.78, 5) is 24.2. The number of alkyl halides is 3. The second-order valence-corrected chi connectivity index (χ2v) is 5.56. The fourth-order valence-corrected chi connectivity index (χ4v) is 2.59. The lowest BCUT2D eigenvalue weighted by Crippen LogP contribution is -2.41. The van der Waals surface area contributed by atoms with E-state index in [0.29, 0.717) is 22.6 Å². The molecule has 1 amide bonds. The molecule has 25 heavy (non-hydrogen) atoms. The first-order valence-electron chi connectivity index (χ1n) is 7.52. The minimum atomic E-state index is -4.97. The van der Waals surface area contributed by atoms with Gasteiger partial charge in [0.1, 0.15) is 0 Å². The number of benzene rings is 1. The number of halogens is 3. The molecule has 0 aliphatic carbocycles. The van der Waals surface area contributed by atoms with Crippen molar-refractivity contribution in [2.45, 2.75) is 19.1 Å². The third kappa shape index (κ3) is 3.84. The lowest BCUT2D eigenvalue weighted by molar-refractivity contribution is -0.186. The fraction of sp³-hybridized carbons (Fsp3) is 0.294. The zero-order chi connectivity index (χ0) is 18.0. The summed E-state index contributed by atoms with van der Waals surface area (Å²) >= 11 is 0. The Morgan fingerprint density at radius 2 is 1.80 bits per heavy atom. The van der Waals surface area contributed by atoms with Crippen molar-refractivity contribution in [2.75, 3.05) is 13.3 Å². The highest BCUT2D eigenvalue weighted by atomic mass is 19.4. The second-order valence-electron chi connectivity index (χ2n) is 5.56. The summed E-state index contributed by atoms with van der Waals surface area (Å²) < 4.78 is 49.1. The molecule has 0 N–H and O–H groups in total. The molecule has 8 heteroatoms. The zero-order valence-corrected chi connectivity index (χ0v) is 13.0. The first-order valence-corrected chi connectivity index (χ1v) is 7.52. The van der Waals surface area contributed by atoms with Gasteiger partial charge in [-0.2, -0.15) is 13.2 Å². The minimum absolute atomic E-state index is 0.00874. The van der Waals surface area contributed by atoms with Gasteiger partial charge in [0.2, 0.25) is 6.79 Å². The average Bonchev–Trinajstić information content (AvgIpc) is 2.99. The van der Waals surface area contributed by atoms with Gasteiger partial charge in [-0.3, -0.25) is 9.59 Å². The van der Waals surface area contributed by atoms with E-state index >= 15 is 0 Å². The molecule has 2 aliphatic heterocycles. The summed E-state index contributed by atoms with van der Waals surface area (Å²) in [6, 6.07) is 3.12. The Hall–Kier alpha value is -2.77. The number of amides is 1. The van der Waals surface area contributed by atoms with Crippen LogP contribution in [0.2, 0.25) is 0 Å². The van der Waals surface area contributed by atoms with Crippen molar-refractivity contribution in [3.05, 3.63) is 41.5 Å². The Balaban J connectivity index is 2.02. The summed E-state index contributed by atoms with van der Waals surface area (Å²) in [5.41, 5.74) is 0.931. The second kappa shape index (κ2) is 6.62. The molecule has 3 rings (SSSR count). The summed E-state index contributed by atoms with van der Waals surface area (Å²) in [6.45, 7) is -0.401. The standard InChI is InChI=1S/C17H14F3NO4/c18-17(19,20)16(23)21-6-2-1-3-13(22)5-4-11-7-14-15(25-10-24-14)8-12(11)9-21/h1,3-5,7-8H,2,6,9-10H2/b3-1-,5-4-. The maximum absolute atomic E-state index is 12.9. The van der Waals surface area contributed by atoms with Crippen LogP contribution in [0.3, 0.4) is 0 Å². The molecule has 1 aromatic carbocycles. The molecule has 0 atom stereocenters. The molecule has 5 nitrogen and oxygen atoms in total. The molecule has 0 saturated carbocycles. The molecular formula is C17H14F3NO4. The molecule has 0 bridgehead atoms. The monoisotopic (exact) mass is 353 g/mol. The van der Waals surface area contributed by atoms with Gasteiger partial charge in [-0.15, -0.1) is 0 Å². The van der Waals surface area contributed by atoms with Crippen LogP contribution in [0.4, 0.5) is 13.2 Å². The molecule has 0 aromatic heterocycles. The van der Waals surface area contributed by atoms with Crippen molar-refractivity contribution in [1.29, 1.82) is 0 Å². The molecular weight excluding hydrogens is 339 g/mol. The van der Waals surface area contributed by atoms with Crippen molar-refractivity contribution in [1.82, 2.24) is 4.90 Å². The number of fused-ring (bicyclic) bond motifs is 2. The van der Waals surface area contributed by atoms with Gasteiger partial charge in [0, 0.05) is 13.1 Å². The predicted molar refractivity (Wildman–Crippen MR) is 81.8 cm³/mol. The number of ketones is 1. The van der Waals surface area contributed by atoms with Crippen LogP contribution in [0, 0.1) is 0 Å². The maximum atomic E-state index is 12.9. The molecule has 2 aliphatic rings. The minimum Gasteiger partial charge on any atom is -0.454 e. The van der Waals surface area contributed by atoms with E-state index in [0.717, 1.165) is 4.90 Å². The van der Waals surface area contributed by atoms with Crippen LogP contribution in [-0.4, -0.2) is 36.1 Å². The van der Waals surface area contributed by atoms with Crippen molar-refractivity contribution in [3.63, 3.8) is 0 Å². The number of ether oxygens (including phenoxy) is 2. The van der Waals surface area contributed by atoms with Gasteiger partial charge in [0.25, 0.3) is 0 Å². The largest absolute Gasteiger partial charge is 0.471 e. The Labute approximate surface area is 141 Å². The van der Waals surface area contributed by atoms with Crippen molar-refractivity contribution in [2.24, 2.45) is 0 Å². The molecule has 2 heterocycles. The summed E-state index contributed by atoms with van der Waals surface area (Å²) in [5, 5.41) is 0. The van der Waals surface area contributed by atoms with Gasteiger partial charge < -0.3 is 14.4 Å². The van der Waals surface area contributed by atoms with Crippen LogP contribution in [0.15, 0.2) is 30.4 Å². The highest BCUT2D eigenvalue weighted by molar-refractivity contribution is 6.02. The van der Waals surface area contributed by atoms with Crippen LogP contribution < -0.4 is 9.47 Å². The van der Waals surface area contributed by atoms with Crippen LogP contribution in [0.25, 0.3) is 6.08 Å². The van der Waals surface area contributed by atoms with E-state index in [2.05, 4.69) is 0 Å². The lowest BCUT2D eigenvalue weighted by atomic mass is 10.0. The quantitative estimate of drug-likeness (QED) is 0.720. The summed E-state index contributed by atoms with van der Waals surface area (Å²) in [7, 11) is 0. The molecule has 0 saturated heterocycles. The van der Waals surface area contributed by atoms with Crippen LogP contribution in [-0.2, 0) is 16.1 Å². The predicted octanol–water partition coefficient (Wildman–Crippen LogP) is 2.85. The zero-order valence-electron chi connectivity index (χ0n) is 13.0. The number of hydrogen-bond acceptors (Lipinski definition) is 4. The molecule has 1 aromatic rings. The van der Waals surface area contributed by atoms with Gasteiger partial charge in [-0.05, 0) is 41.8 Å². The van der Waals surface area contributed by atoms with Crippen molar-refractivity contribution >= 4 is 17.8 Å². The van der Waals surface area contributed by atoms with E-state index in [1.165, 1.54) is 30.4 Å². The highest BCUT2D eigenvalue weighted by Crippen LogP contribution is 2.36. The molecule has 0 unspecified atom stereocenters. The number of hydrogen-bond donors (Lipinski definition) is 0. The lowest BCUT2D eigenvalue weighted by Gasteiger charge is -2.24. The number of carbonyl (C=O) groups excluding carboxylic acids is 2. The van der Waals surface area contributed by atoms with Gasteiger partial charge in [-0.25, -0.2) is 0 Å². The number of rotatable bonds is 0. The molecule has 132 valence electrons. The van der Waals surface area contributed by atoms with Gasteiger partial charge in [0.05, 0.1) is 0 Å². The molecule has 0 spiro atoms. The normalized spacial score (nSPS) is 19.8. The topological polar surface area (TPSA) is 55.8 Å². The van der Waals surface area contributed by atoms with Crippen LogP contribution in [0.1, 0.15) is 17.5 Å².